The van der Waals surface area contributed by atoms with Crippen LogP contribution in [0.1, 0.15) is 129 Å². The molecule has 0 unspecified atom stereocenters. The van der Waals surface area contributed by atoms with E-state index >= 15 is 0 Å². The SMILES string of the molecule is CC(C)(C)c1ccc(N2B3c4cc(C(C)(C)C)ccc4-n4c5ccc(C(C)(C)C)cc5c5c6c(c(c3c54)-c3cc4c(cc32)C(C)(C)c2ccccc2-4)C(C)(C)c2ccccc2-6)cc1. The van der Waals surface area contributed by atoms with Crippen LogP contribution < -0.4 is 15.7 Å². The van der Waals surface area contributed by atoms with Gasteiger partial charge in [-0.3, -0.25) is 0 Å². The number of fused-ring (bicyclic) bond motifs is 16. The molecule has 63 heavy (non-hydrogen) atoms. The second-order valence-corrected chi connectivity index (χ2v) is 23.4. The van der Waals surface area contributed by atoms with Gasteiger partial charge in [0.15, 0.2) is 0 Å². The zero-order valence-corrected chi connectivity index (χ0v) is 39.5. The van der Waals surface area contributed by atoms with Crippen molar-refractivity contribution in [2.75, 3.05) is 4.81 Å². The monoisotopic (exact) mass is 818 g/mol. The predicted octanol–water partition coefficient (Wildman–Crippen LogP) is 14.5. The van der Waals surface area contributed by atoms with E-state index in [0.717, 1.165) is 0 Å². The van der Waals surface area contributed by atoms with Gasteiger partial charge in [-0.2, -0.15) is 0 Å². The molecular formula is C60H59BN2. The molecule has 0 amide bonds. The molecule has 3 heterocycles. The maximum Gasteiger partial charge on any atom is 0.333 e. The first kappa shape index (κ1) is 38.8. The molecule has 0 saturated heterocycles. The van der Waals surface area contributed by atoms with Crippen LogP contribution in [-0.2, 0) is 27.1 Å². The van der Waals surface area contributed by atoms with E-state index in [1.54, 1.807) is 0 Å². The van der Waals surface area contributed by atoms with E-state index in [9.17, 15) is 0 Å². The third-order valence-electron chi connectivity index (χ3n) is 15.8. The van der Waals surface area contributed by atoms with Crippen LogP contribution in [0.5, 0.6) is 0 Å². The van der Waals surface area contributed by atoms with Crippen molar-refractivity contribution in [1.29, 1.82) is 0 Å². The Labute approximate surface area is 375 Å². The van der Waals surface area contributed by atoms with E-state index in [-0.39, 0.29) is 33.9 Å². The predicted molar refractivity (Wildman–Crippen MR) is 271 cm³/mol. The van der Waals surface area contributed by atoms with Crippen molar-refractivity contribution in [2.24, 2.45) is 0 Å². The minimum atomic E-state index is -0.246. The molecule has 0 saturated carbocycles. The van der Waals surface area contributed by atoms with Gasteiger partial charge in [0.05, 0.1) is 11.0 Å². The first-order valence-electron chi connectivity index (χ1n) is 23.3. The quantitative estimate of drug-likeness (QED) is 0.150. The lowest BCUT2D eigenvalue weighted by molar-refractivity contribution is 0.590. The van der Waals surface area contributed by atoms with E-state index in [1.807, 2.05) is 0 Å². The summed E-state index contributed by atoms with van der Waals surface area (Å²) in [5.74, 6) is 0. The van der Waals surface area contributed by atoms with Crippen LogP contribution in [0.15, 0.2) is 121 Å². The van der Waals surface area contributed by atoms with E-state index in [4.69, 9.17) is 0 Å². The lowest BCUT2D eigenvalue weighted by Gasteiger charge is -2.44. The third kappa shape index (κ3) is 4.97. The van der Waals surface area contributed by atoms with Gasteiger partial charge in [-0.15, -0.1) is 0 Å². The Hall–Kier alpha value is -5.80. The fourth-order valence-corrected chi connectivity index (χ4v) is 12.4. The summed E-state index contributed by atoms with van der Waals surface area (Å²) < 4.78 is 2.68. The van der Waals surface area contributed by atoms with E-state index in [1.165, 1.54) is 122 Å². The average molecular weight is 819 g/mol. The van der Waals surface area contributed by atoms with Gasteiger partial charge in [0.2, 0.25) is 0 Å². The van der Waals surface area contributed by atoms with Gasteiger partial charge in [-0.1, -0.05) is 169 Å². The highest BCUT2D eigenvalue weighted by Gasteiger charge is 2.51. The molecule has 1 aromatic heterocycles. The van der Waals surface area contributed by atoms with Crippen molar-refractivity contribution in [3.8, 4) is 39.1 Å². The first-order valence-corrected chi connectivity index (χ1v) is 23.3. The van der Waals surface area contributed by atoms with Crippen molar-refractivity contribution in [3.05, 3.63) is 160 Å². The molecule has 3 heteroatoms. The van der Waals surface area contributed by atoms with Crippen LogP contribution in [0.4, 0.5) is 11.4 Å². The van der Waals surface area contributed by atoms with Crippen molar-refractivity contribution in [1.82, 2.24) is 4.57 Å². The van der Waals surface area contributed by atoms with E-state index in [0.29, 0.717) is 0 Å². The Morgan fingerprint density at radius 1 is 0.476 bits per heavy atom. The Balaban J connectivity index is 1.33. The van der Waals surface area contributed by atoms with Crippen molar-refractivity contribution in [2.45, 2.75) is 117 Å². The maximum atomic E-state index is 2.76. The maximum absolute atomic E-state index is 2.76. The Morgan fingerprint density at radius 2 is 1.06 bits per heavy atom. The fraction of sp³-hybridized carbons (Fsp3) is 0.300. The van der Waals surface area contributed by atoms with Gasteiger partial charge < -0.3 is 9.38 Å². The molecule has 0 fully saturated rings. The van der Waals surface area contributed by atoms with E-state index < -0.39 is 0 Å². The lowest BCUT2D eigenvalue weighted by atomic mass is 9.43. The van der Waals surface area contributed by atoms with Crippen LogP contribution in [-0.4, -0.2) is 11.4 Å². The second-order valence-electron chi connectivity index (χ2n) is 23.4. The van der Waals surface area contributed by atoms with Crippen LogP contribution in [0.3, 0.4) is 0 Å². The summed E-state index contributed by atoms with van der Waals surface area (Å²) in [6.07, 6.45) is 0. The molecule has 0 bridgehead atoms. The number of hydrogen-bond donors (Lipinski definition) is 0. The van der Waals surface area contributed by atoms with Gasteiger partial charge in [0, 0.05) is 44.2 Å². The molecule has 7 aromatic carbocycles. The minimum Gasteiger partial charge on any atom is -0.376 e. The summed E-state index contributed by atoms with van der Waals surface area (Å²) in [5, 5.41) is 2.75. The van der Waals surface area contributed by atoms with Gasteiger partial charge in [-0.25, -0.2) is 0 Å². The zero-order chi connectivity index (χ0) is 44.1. The smallest absolute Gasteiger partial charge is 0.333 e. The molecule has 0 spiro atoms. The summed E-state index contributed by atoms with van der Waals surface area (Å²) in [4.78, 5) is 2.76. The topological polar surface area (TPSA) is 8.17 Å². The van der Waals surface area contributed by atoms with E-state index in [2.05, 4.69) is 221 Å². The molecule has 312 valence electrons. The van der Waals surface area contributed by atoms with Gasteiger partial charge >= 0.3 is 6.85 Å². The van der Waals surface area contributed by atoms with Crippen LogP contribution in [0, 0.1) is 0 Å². The minimum absolute atomic E-state index is 0.00118. The lowest BCUT2D eigenvalue weighted by Crippen LogP contribution is -2.61. The molecule has 2 nitrogen and oxygen atoms in total. The molecular weight excluding hydrogens is 759 g/mol. The summed E-state index contributed by atoms with van der Waals surface area (Å²) in [7, 11) is 0. The third-order valence-corrected chi connectivity index (χ3v) is 15.8. The van der Waals surface area contributed by atoms with Crippen LogP contribution in [0.25, 0.3) is 60.9 Å². The number of rotatable bonds is 1. The highest BCUT2D eigenvalue weighted by molar-refractivity contribution is 6.94. The zero-order valence-electron chi connectivity index (χ0n) is 39.5. The highest BCUT2D eigenvalue weighted by Crippen LogP contribution is 2.61. The Morgan fingerprint density at radius 3 is 1.73 bits per heavy atom. The Kier molecular flexibility index (Phi) is 7.43. The van der Waals surface area contributed by atoms with Crippen LogP contribution >= 0.6 is 0 Å². The Bertz CT molecular complexity index is 3330. The normalized spacial score (nSPS) is 16.2. The first-order chi connectivity index (χ1) is 29.7. The fourth-order valence-electron chi connectivity index (χ4n) is 12.4. The van der Waals surface area contributed by atoms with Crippen molar-refractivity contribution in [3.63, 3.8) is 0 Å². The number of nitrogens with zero attached hydrogens (tertiary/aromatic N) is 2. The highest BCUT2D eigenvalue weighted by atomic mass is 15.1. The number of benzene rings is 7. The number of aromatic nitrogens is 1. The van der Waals surface area contributed by atoms with Crippen molar-refractivity contribution >= 4 is 51.0 Å². The number of hydrogen-bond acceptors (Lipinski definition) is 1. The van der Waals surface area contributed by atoms with Gasteiger partial charge in [-0.05, 0) is 136 Å². The largest absolute Gasteiger partial charge is 0.376 e. The standard InChI is InChI=1S/C60H59BN2/c1-56(2,3)34-22-26-37(27-23-34)63-49-33-45-40(38-18-14-16-20-43(38)59(45,10)11)32-42(49)52-53-50(39-19-15-17-21-44(39)60(53,12)13)51-41-30-35(57(4,5)6)24-28-47(41)62-48-29-25-36(58(7,8)9)31-46(48)61(63)54(52)55(51)62/h14-33H,1-13H3. The molecule has 0 N–H and O–H groups in total. The molecule has 2 aliphatic carbocycles. The molecule has 0 radical (unpaired) electrons. The summed E-state index contributed by atoms with van der Waals surface area (Å²) >= 11 is 0. The second kappa shape index (κ2) is 12.1. The molecule has 2 aliphatic heterocycles. The summed E-state index contributed by atoms with van der Waals surface area (Å²) in [6, 6.07) is 48.2. The van der Waals surface area contributed by atoms with Gasteiger partial charge in [0.25, 0.3) is 0 Å². The summed E-state index contributed by atoms with van der Waals surface area (Å²) in [6.45, 7) is 30.9. The number of anilines is 2. The van der Waals surface area contributed by atoms with Crippen LogP contribution in [0.2, 0.25) is 0 Å². The van der Waals surface area contributed by atoms with Crippen molar-refractivity contribution < 1.29 is 0 Å². The molecule has 12 rings (SSSR count). The molecule has 8 aromatic rings. The molecule has 0 atom stereocenters. The average Bonchev–Trinajstić information content (AvgIpc) is 3.78. The summed E-state index contributed by atoms with van der Waals surface area (Å²) in [5.41, 5.74) is 27.0. The van der Waals surface area contributed by atoms with Gasteiger partial charge in [0.1, 0.15) is 0 Å². The molecule has 4 aliphatic rings.